The number of aryl methyl sites for hydroxylation is 1. The average Bonchev–Trinajstić information content (AvgIpc) is 2.90. The first-order valence-electron chi connectivity index (χ1n) is 6.26. The van der Waals surface area contributed by atoms with Gasteiger partial charge in [0.25, 0.3) is 5.91 Å². The maximum absolute atomic E-state index is 13.8. The van der Waals surface area contributed by atoms with Gasteiger partial charge in [-0.1, -0.05) is 0 Å². The number of nitrogens with zero attached hydrogens (tertiary/aromatic N) is 1. The molecule has 22 heavy (non-hydrogen) atoms. The fourth-order valence-corrected chi connectivity index (χ4v) is 3.09. The molecule has 2 N–H and O–H groups in total. The second-order valence-electron chi connectivity index (χ2n) is 4.39. The SMILES string of the molecule is CNS(=O)(=O)c1ccc(F)c(C(=O)NCc2csc(C)n2)c1. The van der Waals surface area contributed by atoms with Crippen LogP contribution in [0, 0.1) is 12.7 Å². The van der Waals surface area contributed by atoms with Crippen molar-refractivity contribution in [2.45, 2.75) is 18.4 Å². The van der Waals surface area contributed by atoms with E-state index in [4.69, 9.17) is 0 Å². The number of carbonyl (C=O) groups is 1. The Hall–Kier alpha value is -1.84. The summed E-state index contributed by atoms with van der Waals surface area (Å²) in [5.41, 5.74) is 0.332. The normalized spacial score (nSPS) is 11.4. The molecular weight excluding hydrogens is 329 g/mol. The molecule has 0 atom stereocenters. The van der Waals surface area contributed by atoms with Gasteiger partial charge < -0.3 is 5.32 Å². The number of benzene rings is 1. The van der Waals surface area contributed by atoms with Crippen LogP contribution in [0.4, 0.5) is 4.39 Å². The van der Waals surface area contributed by atoms with E-state index in [9.17, 15) is 17.6 Å². The molecule has 0 saturated heterocycles. The van der Waals surface area contributed by atoms with E-state index in [0.29, 0.717) is 5.69 Å². The first kappa shape index (κ1) is 16.5. The van der Waals surface area contributed by atoms with Crippen molar-refractivity contribution in [3.05, 3.63) is 45.7 Å². The third-order valence-electron chi connectivity index (χ3n) is 2.86. The number of halogens is 1. The zero-order chi connectivity index (χ0) is 16.3. The van der Waals surface area contributed by atoms with Crippen LogP contribution < -0.4 is 10.0 Å². The van der Waals surface area contributed by atoms with Crippen LogP contribution in [0.5, 0.6) is 0 Å². The minimum atomic E-state index is -3.74. The van der Waals surface area contributed by atoms with Crippen molar-refractivity contribution in [3.63, 3.8) is 0 Å². The number of hydrogen-bond donors (Lipinski definition) is 2. The molecule has 0 bridgehead atoms. The highest BCUT2D eigenvalue weighted by molar-refractivity contribution is 7.89. The summed E-state index contributed by atoms with van der Waals surface area (Å²) in [6.45, 7) is 1.98. The maximum atomic E-state index is 13.8. The Balaban J connectivity index is 2.20. The number of hydrogen-bond acceptors (Lipinski definition) is 5. The second kappa shape index (κ2) is 6.51. The first-order valence-corrected chi connectivity index (χ1v) is 8.62. The lowest BCUT2D eigenvalue weighted by Gasteiger charge is -2.07. The highest BCUT2D eigenvalue weighted by Gasteiger charge is 2.18. The lowest BCUT2D eigenvalue weighted by Crippen LogP contribution is -2.25. The topological polar surface area (TPSA) is 88.2 Å². The molecule has 2 rings (SSSR count). The average molecular weight is 343 g/mol. The summed E-state index contributed by atoms with van der Waals surface area (Å²) in [5.74, 6) is -1.49. The summed E-state index contributed by atoms with van der Waals surface area (Å²) in [4.78, 5) is 16.0. The standard InChI is InChI=1S/C13H14FN3O3S2/c1-8-17-9(7-21-8)6-16-13(18)11-5-10(3-4-12(11)14)22(19,20)15-2/h3-5,7,15H,6H2,1-2H3,(H,16,18). The Morgan fingerprint density at radius 2 is 2.14 bits per heavy atom. The van der Waals surface area contributed by atoms with E-state index in [1.165, 1.54) is 18.4 Å². The molecule has 0 fully saturated rings. The van der Waals surface area contributed by atoms with Gasteiger partial charge in [0.2, 0.25) is 10.0 Å². The van der Waals surface area contributed by atoms with Gasteiger partial charge in [-0.25, -0.2) is 22.5 Å². The minimum Gasteiger partial charge on any atom is -0.346 e. The quantitative estimate of drug-likeness (QED) is 0.860. The summed E-state index contributed by atoms with van der Waals surface area (Å²) in [6, 6.07) is 3.05. The maximum Gasteiger partial charge on any atom is 0.254 e. The smallest absolute Gasteiger partial charge is 0.254 e. The van der Waals surface area contributed by atoms with Crippen molar-refractivity contribution in [1.29, 1.82) is 0 Å². The van der Waals surface area contributed by atoms with Gasteiger partial charge in [-0.15, -0.1) is 11.3 Å². The van der Waals surface area contributed by atoms with Gasteiger partial charge in [-0.2, -0.15) is 0 Å². The van der Waals surface area contributed by atoms with E-state index in [2.05, 4.69) is 15.0 Å². The molecule has 0 spiro atoms. The summed E-state index contributed by atoms with van der Waals surface area (Å²) in [6.07, 6.45) is 0. The van der Waals surface area contributed by atoms with Crippen LogP contribution in [-0.4, -0.2) is 26.4 Å². The number of sulfonamides is 1. The number of carbonyl (C=O) groups excluding carboxylic acids is 1. The van der Waals surface area contributed by atoms with E-state index >= 15 is 0 Å². The van der Waals surface area contributed by atoms with E-state index in [1.807, 2.05) is 6.92 Å². The molecular formula is C13H14FN3O3S2. The molecule has 1 heterocycles. The molecule has 1 aromatic carbocycles. The van der Waals surface area contributed by atoms with Gasteiger partial charge in [0, 0.05) is 5.38 Å². The van der Waals surface area contributed by atoms with Gasteiger partial charge in [0.15, 0.2) is 0 Å². The molecule has 1 amide bonds. The Morgan fingerprint density at radius 1 is 1.41 bits per heavy atom. The zero-order valence-corrected chi connectivity index (χ0v) is 13.5. The zero-order valence-electron chi connectivity index (χ0n) is 11.9. The van der Waals surface area contributed by atoms with E-state index < -0.39 is 21.7 Å². The number of amides is 1. The van der Waals surface area contributed by atoms with Gasteiger partial charge in [-0.05, 0) is 32.2 Å². The lowest BCUT2D eigenvalue weighted by atomic mass is 10.2. The van der Waals surface area contributed by atoms with E-state index in [1.54, 1.807) is 5.38 Å². The second-order valence-corrected chi connectivity index (χ2v) is 7.34. The number of aromatic nitrogens is 1. The highest BCUT2D eigenvalue weighted by Crippen LogP contribution is 2.15. The summed E-state index contributed by atoms with van der Waals surface area (Å²) in [7, 11) is -2.50. The number of nitrogens with one attached hydrogen (secondary N) is 2. The Labute approximate surface area is 131 Å². The van der Waals surface area contributed by atoms with Crippen molar-refractivity contribution < 1.29 is 17.6 Å². The van der Waals surface area contributed by atoms with Crippen LogP contribution in [-0.2, 0) is 16.6 Å². The van der Waals surface area contributed by atoms with Crippen molar-refractivity contribution in [3.8, 4) is 0 Å². The van der Waals surface area contributed by atoms with Crippen molar-refractivity contribution in [2.75, 3.05) is 7.05 Å². The molecule has 118 valence electrons. The van der Waals surface area contributed by atoms with Crippen LogP contribution in [0.2, 0.25) is 0 Å². The molecule has 1 aromatic heterocycles. The first-order chi connectivity index (χ1) is 10.3. The van der Waals surface area contributed by atoms with Crippen molar-refractivity contribution in [1.82, 2.24) is 15.0 Å². The van der Waals surface area contributed by atoms with Gasteiger partial charge in [-0.3, -0.25) is 4.79 Å². The summed E-state index contributed by atoms with van der Waals surface area (Å²) in [5, 5.41) is 5.16. The molecule has 0 unspecified atom stereocenters. The van der Waals surface area contributed by atoms with Crippen molar-refractivity contribution in [2.24, 2.45) is 0 Å². The molecule has 6 nitrogen and oxygen atoms in total. The Bertz CT molecular complexity index is 803. The Morgan fingerprint density at radius 3 is 2.73 bits per heavy atom. The third kappa shape index (κ3) is 3.67. The van der Waals surface area contributed by atoms with Gasteiger partial charge >= 0.3 is 0 Å². The summed E-state index contributed by atoms with van der Waals surface area (Å²) < 4.78 is 39.3. The molecule has 0 aliphatic heterocycles. The number of rotatable bonds is 5. The predicted octanol–water partition coefficient (Wildman–Crippen LogP) is 1.43. The highest BCUT2D eigenvalue weighted by atomic mass is 32.2. The Kier molecular flexibility index (Phi) is 4.89. The molecule has 0 aliphatic carbocycles. The van der Waals surface area contributed by atoms with Crippen molar-refractivity contribution >= 4 is 27.3 Å². The fraction of sp³-hybridized carbons (Fsp3) is 0.231. The molecule has 0 aliphatic rings. The summed E-state index contributed by atoms with van der Waals surface area (Å²) >= 11 is 1.44. The molecule has 0 radical (unpaired) electrons. The van der Waals surface area contributed by atoms with Crippen LogP contribution in [0.15, 0.2) is 28.5 Å². The molecule has 0 saturated carbocycles. The van der Waals surface area contributed by atoms with Gasteiger partial charge in [0.1, 0.15) is 5.82 Å². The molecule has 2 aromatic rings. The largest absolute Gasteiger partial charge is 0.346 e. The van der Waals surface area contributed by atoms with Crippen LogP contribution >= 0.6 is 11.3 Å². The fourth-order valence-electron chi connectivity index (χ4n) is 1.72. The van der Waals surface area contributed by atoms with E-state index in [-0.39, 0.29) is 17.0 Å². The lowest BCUT2D eigenvalue weighted by molar-refractivity contribution is 0.0946. The van der Waals surface area contributed by atoms with Crippen LogP contribution in [0.1, 0.15) is 21.1 Å². The van der Waals surface area contributed by atoms with Crippen LogP contribution in [0.25, 0.3) is 0 Å². The van der Waals surface area contributed by atoms with Gasteiger partial charge in [0.05, 0.1) is 27.7 Å². The molecule has 9 heteroatoms. The third-order valence-corrected chi connectivity index (χ3v) is 5.09. The van der Waals surface area contributed by atoms with E-state index in [0.717, 1.165) is 23.2 Å². The van der Waals surface area contributed by atoms with Crippen LogP contribution in [0.3, 0.4) is 0 Å². The predicted molar refractivity (Wildman–Crippen MR) is 80.7 cm³/mol. The minimum absolute atomic E-state index is 0.144. The monoisotopic (exact) mass is 343 g/mol. The number of thiazole rings is 1.